The van der Waals surface area contributed by atoms with Crippen LogP contribution in [-0.2, 0) is 0 Å². The largest absolute Gasteiger partial charge is 0.456 e. The average Bonchev–Trinajstić information content (AvgIpc) is 3.02. The average molecular weight is 258 g/mol. The van der Waals surface area contributed by atoms with Crippen LogP contribution in [0.3, 0.4) is 0 Å². The van der Waals surface area contributed by atoms with Crippen molar-refractivity contribution in [3.8, 4) is 11.1 Å². The zero-order chi connectivity index (χ0) is 13.1. The van der Waals surface area contributed by atoms with Gasteiger partial charge in [-0.1, -0.05) is 30.3 Å². The van der Waals surface area contributed by atoms with Crippen LogP contribution in [0.15, 0.2) is 65.1 Å². The minimum Gasteiger partial charge on any atom is -0.456 e. The first kappa shape index (κ1) is 10.2. The smallest absolute Gasteiger partial charge is 0.143 e. The number of fused-ring (bicyclic) bond motifs is 6. The Hall–Kier alpha value is -2.58. The van der Waals surface area contributed by atoms with E-state index >= 15 is 0 Å². The molecular weight excluding hydrogens is 246 g/mol. The Balaban J connectivity index is 1.90. The number of quaternary nitrogens is 1. The summed E-state index contributed by atoms with van der Waals surface area (Å²) in [7, 11) is 0. The molecule has 0 saturated carbocycles. The highest BCUT2D eigenvalue weighted by molar-refractivity contribution is 6.08. The molecule has 0 saturated heterocycles. The third-order valence-corrected chi connectivity index (χ3v) is 4.11. The molecule has 0 aliphatic carbocycles. The fraction of sp³-hybridized carbons (Fsp3) is 0. The highest BCUT2D eigenvalue weighted by Crippen LogP contribution is 2.40. The molecule has 0 radical (unpaired) electrons. The van der Waals surface area contributed by atoms with Crippen LogP contribution >= 0.6 is 0 Å². The first-order valence-corrected chi connectivity index (χ1v) is 6.79. The fourth-order valence-corrected chi connectivity index (χ4v) is 3.18. The van der Waals surface area contributed by atoms with Crippen molar-refractivity contribution in [1.82, 2.24) is 0 Å². The lowest BCUT2D eigenvalue weighted by molar-refractivity contribution is -0.473. The Morgan fingerprint density at radius 3 is 2.50 bits per heavy atom. The zero-order valence-corrected chi connectivity index (χ0v) is 10.8. The van der Waals surface area contributed by atoms with Gasteiger partial charge in [0.2, 0.25) is 0 Å². The molecule has 3 aromatic carbocycles. The molecule has 0 amide bonds. The van der Waals surface area contributed by atoms with Crippen molar-refractivity contribution >= 4 is 33.3 Å². The van der Waals surface area contributed by atoms with Crippen LogP contribution < -0.4 is 5.32 Å². The number of nitrogens with two attached hydrogens (primary N) is 1. The van der Waals surface area contributed by atoms with E-state index in [4.69, 9.17) is 4.42 Å². The molecule has 0 fully saturated rings. The zero-order valence-electron chi connectivity index (χ0n) is 10.8. The van der Waals surface area contributed by atoms with Gasteiger partial charge in [0.15, 0.2) is 0 Å². The van der Waals surface area contributed by atoms with Gasteiger partial charge in [0, 0.05) is 28.5 Å². The first-order chi connectivity index (χ1) is 9.90. The third kappa shape index (κ3) is 1.21. The molecule has 94 valence electrons. The minimum absolute atomic E-state index is 0.958. The molecule has 4 aromatic rings. The first-order valence-electron chi connectivity index (χ1n) is 6.79. The summed E-state index contributed by atoms with van der Waals surface area (Å²) in [5.41, 5.74) is 7.07. The van der Waals surface area contributed by atoms with Gasteiger partial charge in [-0.15, -0.1) is 0 Å². The number of para-hydroxylation sites is 2. The standard InChI is InChI=1S/C18H11NO/c1-3-7-15-11(5-1)13-10-18-14(9-16(13)19-15)12-6-2-4-8-17(12)20-18/h1-10,19H/p+1. The fourth-order valence-electron chi connectivity index (χ4n) is 3.18. The van der Waals surface area contributed by atoms with E-state index < -0.39 is 0 Å². The van der Waals surface area contributed by atoms with Crippen LogP contribution in [0.2, 0.25) is 0 Å². The summed E-state index contributed by atoms with van der Waals surface area (Å²) < 4.78 is 5.98. The summed E-state index contributed by atoms with van der Waals surface area (Å²) in [6, 6.07) is 21.1. The van der Waals surface area contributed by atoms with Crippen molar-refractivity contribution in [2.24, 2.45) is 0 Å². The second-order valence-corrected chi connectivity index (χ2v) is 5.27. The number of benzene rings is 3. The highest BCUT2D eigenvalue weighted by atomic mass is 16.3. The Labute approximate surface area is 115 Å². The minimum atomic E-state index is 0.958. The van der Waals surface area contributed by atoms with Gasteiger partial charge in [0.05, 0.1) is 5.56 Å². The highest BCUT2D eigenvalue weighted by Gasteiger charge is 2.24. The predicted octanol–water partition coefficient (Wildman–Crippen LogP) is 4.09. The third-order valence-electron chi connectivity index (χ3n) is 4.11. The molecular formula is C18H12NO+. The normalized spacial score (nSPS) is 12.8. The Morgan fingerprint density at radius 1 is 0.650 bits per heavy atom. The maximum absolute atomic E-state index is 5.98. The van der Waals surface area contributed by atoms with Gasteiger partial charge in [-0.2, -0.15) is 0 Å². The number of rotatable bonds is 0. The van der Waals surface area contributed by atoms with E-state index in [1.807, 2.05) is 12.1 Å². The lowest BCUT2D eigenvalue weighted by Crippen LogP contribution is -2.69. The molecule has 5 rings (SSSR count). The second kappa shape index (κ2) is 3.50. The van der Waals surface area contributed by atoms with Crippen molar-refractivity contribution in [3.63, 3.8) is 0 Å². The van der Waals surface area contributed by atoms with E-state index in [2.05, 4.69) is 53.8 Å². The maximum atomic E-state index is 5.98. The summed E-state index contributed by atoms with van der Waals surface area (Å²) in [6.45, 7) is 0. The molecule has 0 bridgehead atoms. The van der Waals surface area contributed by atoms with Gasteiger partial charge in [-0.25, -0.2) is 0 Å². The van der Waals surface area contributed by atoms with Crippen molar-refractivity contribution in [3.05, 3.63) is 60.7 Å². The van der Waals surface area contributed by atoms with Crippen molar-refractivity contribution in [2.75, 3.05) is 0 Å². The summed E-state index contributed by atoms with van der Waals surface area (Å²) in [6.07, 6.45) is 0. The van der Waals surface area contributed by atoms with Gasteiger partial charge < -0.3 is 4.42 Å². The van der Waals surface area contributed by atoms with Crippen LogP contribution in [0.5, 0.6) is 0 Å². The van der Waals surface area contributed by atoms with Gasteiger partial charge in [0.25, 0.3) is 0 Å². The Kier molecular flexibility index (Phi) is 1.79. The van der Waals surface area contributed by atoms with E-state index in [1.54, 1.807) is 0 Å². The molecule has 1 aromatic heterocycles. The molecule has 0 spiro atoms. The monoisotopic (exact) mass is 258 g/mol. The van der Waals surface area contributed by atoms with E-state index in [0.717, 1.165) is 11.2 Å². The summed E-state index contributed by atoms with van der Waals surface area (Å²) in [4.78, 5) is 0. The molecule has 0 unspecified atom stereocenters. The Morgan fingerprint density at radius 2 is 1.50 bits per heavy atom. The van der Waals surface area contributed by atoms with Crippen molar-refractivity contribution in [1.29, 1.82) is 0 Å². The van der Waals surface area contributed by atoms with E-state index in [9.17, 15) is 0 Å². The van der Waals surface area contributed by atoms with Gasteiger partial charge in [-0.3, -0.25) is 5.32 Å². The lowest BCUT2D eigenvalue weighted by atomic mass is 10.0. The number of hydrogen-bond donors (Lipinski definition) is 1. The van der Waals surface area contributed by atoms with Crippen molar-refractivity contribution in [2.45, 2.75) is 0 Å². The summed E-state index contributed by atoms with van der Waals surface area (Å²) in [5.74, 6) is 0. The molecule has 2 heteroatoms. The molecule has 1 aliphatic rings. The molecule has 0 atom stereocenters. The molecule has 20 heavy (non-hydrogen) atoms. The number of furan rings is 1. The Bertz CT molecular complexity index is 981. The SMILES string of the molecule is c1ccc2c(c1)[NH2+]c1cc3c(cc1-2)oc1ccccc13. The number of hydrogen-bond acceptors (Lipinski definition) is 1. The van der Waals surface area contributed by atoms with Crippen LogP contribution in [0.25, 0.3) is 33.1 Å². The van der Waals surface area contributed by atoms with E-state index in [1.165, 1.54) is 33.3 Å². The van der Waals surface area contributed by atoms with Crippen LogP contribution in [0.4, 0.5) is 11.4 Å². The summed E-state index contributed by atoms with van der Waals surface area (Å²) >= 11 is 0. The quantitative estimate of drug-likeness (QED) is 0.416. The topological polar surface area (TPSA) is 29.8 Å². The van der Waals surface area contributed by atoms with Gasteiger partial charge in [-0.05, 0) is 18.2 Å². The molecule has 2 N–H and O–H groups in total. The van der Waals surface area contributed by atoms with Crippen LogP contribution in [0.1, 0.15) is 0 Å². The molecule has 2 nitrogen and oxygen atoms in total. The second-order valence-electron chi connectivity index (χ2n) is 5.27. The van der Waals surface area contributed by atoms with Gasteiger partial charge >= 0.3 is 0 Å². The predicted molar refractivity (Wildman–Crippen MR) is 80.4 cm³/mol. The maximum Gasteiger partial charge on any atom is 0.143 e. The van der Waals surface area contributed by atoms with E-state index in [-0.39, 0.29) is 0 Å². The lowest BCUT2D eigenvalue weighted by Gasteiger charge is -1.95. The van der Waals surface area contributed by atoms with Gasteiger partial charge in [0.1, 0.15) is 22.5 Å². The molecule has 1 aliphatic heterocycles. The molecule has 2 heterocycles. The van der Waals surface area contributed by atoms with Crippen LogP contribution in [-0.4, -0.2) is 0 Å². The van der Waals surface area contributed by atoms with E-state index in [0.29, 0.717) is 0 Å². The summed E-state index contributed by atoms with van der Waals surface area (Å²) in [5, 5.41) is 4.64. The van der Waals surface area contributed by atoms with Crippen molar-refractivity contribution < 1.29 is 9.73 Å². The van der Waals surface area contributed by atoms with Crippen LogP contribution in [0, 0.1) is 0 Å².